The first kappa shape index (κ1) is 16.4. The molecule has 0 aromatic heterocycles. The fourth-order valence-electron chi connectivity index (χ4n) is 2.37. The first-order valence-corrected chi connectivity index (χ1v) is 7.39. The Morgan fingerprint density at radius 1 is 1.26 bits per heavy atom. The van der Waals surface area contributed by atoms with Gasteiger partial charge in [0.25, 0.3) is 0 Å². The number of hydrogen-bond acceptors (Lipinski definition) is 4. The Kier molecular flexibility index (Phi) is 7.34. The molecule has 1 saturated heterocycles. The maximum atomic E-state index is 12.2. The summed E-state index contributed by atoms with van der Waals surface area (Å²) in [5, 5.41) is 0. The minimum Gasteiger partial charge on any atom is -0.380 e. The molecule has 1 fully saturated rings. The van der Waals surface area contributed by atoms with Gasteiger partial charge < -0.3 is 15.4 Å². The van der Waals surface area contributed by atoms with Crippen molar-refractivity contribution >= 4 is 5.91 Å². The van der Waals surface area contributed by atoms with Crippen LogP contribution >= 0.6 is 0 Å². The Labute approximate surface area is 117 Å². The highest BCUT2D eigenvalue weighted by Gasteiger charge is 2.25. The van der Waals surface area contributed by atoms with E-state index in [4.69, 9.17) is 10.5 Å². The van der Waals surface area contributed by atoms with E-state index in [2.05, 4.69) is 18.7 Å². The lowest BCUT2D eigenvalue weighted by Crippen LogP contribution is -2.53. The third-order valence-corrected chi connectivity index (χ3v) is 3.48. The third kappa shape index (κ3) is 5.89. The van der Waals surface area contributed by atoms with Gasteiger partial charge in [0, 0.05) is 39.3 Å². The second kappa shape index (κ2) is 8.51. The van der Waals surface area contributed by atoms with Crippen LogP contribution in [0.1, 0.15) is 27.2 Å². The molecule has 0 aromatic carbocycles. The van der Waals surface area contributed by atoms with Gasteiger partial charge in [-0.15, -0.1) is 0 Å². The van der Waals surface area contributed by atoms with Crippen LogP contribution in [0.4, 0.5) is 0 Å². The van der Waals surface area contributed by atoms with Crippen LogP contribution in [-0.4, -0.2) is 67.7 Å². The number of nitrogens with zero attached hydrogens (tertiary/aromatic N) is 2. The molecule has 0 spiro atoms. The van der Waals surface area contributed by atoms with Gasteiger partial charge in [0.1, 0.15) is 0 Å². The van der Waals surface area contributed by atoms with Gasteiger partial charge in [-0.2, -0.15) is 0 Å². The van der Waals surface area contributed by atoms with Gasteiger partial charge in [0.15, 0.2) is 0 Å². The van der Waals surface area contributed by atoms with E-state index >= 15 is 0 Å². The molecule has 1 amide bonds. The first-order valence-electron chi connectivity index (χ1n) is 7.39. The lowest BCUT2D eigenvalue weighted by atomic mass is 10.0. The van der Waals surface area contributed by atoms with Crippen LogP contribution in [0, 0.1) is 5.92 Å². The highest BCUT2D eigenvalue weighted by atomic mass is 16.5. The molecule has 1 rings (SSSR count). The van der Waals surface area contributed by atoms with Crippen molar-refractivity contribution in [3.8, 4) is 0 Å². The monoisotopic (exact) mass is 271 g/mol. The number of amides is 1. The summed E-state index contributed by atoms with van der Waals surface area (Å²) in [7, 11) is 0. The van der Waals surface area contributed by atoms with Gasteiger partial charge in [-0.05, 0) is 19.3 Å². The van der Waals surface area contributed by atoms with Gasteiger partial charge in [-0.1, -0.05) is 13.8 Å². The summed E-state index contributed by atoms with van der Waals surface area (Å²) in [5.74, 6) is 0.574. The second-order valence-electron chi connectivity index (χ2n) is 5.60. The van der Waals surface area contributed by atoms with Gasteiger partial charge in [-0.25, -0.2) is 0 Å². The SMILES string of the molecule is CCOCCN1CCN(C(=O)[C@@H](N)CC(C)C)CC1. The molecular weight excluding hydrogens is 242 g/mol. The maximum Gasteiger partial charge on any atom is 0.239 e. The van der Waals surface area contributed by atoms with E-state index in [1.54, 1.807) is 0 Å². The minimum atomic E-state index is -0.338. The van der Waals surface area contributed by atoms with E-state index in [0.29, 0.717) is 5.92 Å². The van der Waals surface area contributed by atoms with Crippen LogP contribution in [0.5, 0.6) is 0 Å². The quantitative estimate of drug-likeness (QED) is 0.687. The normalized spacial score (nSPS) is 18.9. The van der Waals surface area contributed by atoms with Crippen LogP contribution in [0.15, 0.2) is 0 Å². The Bertz CT molecular complexity index is 263. The maximum absolute atomic E-state index is 12.2. The Balaban J connectivity index is 2.26. The molecule has 112 valence electrons. The van der Waals surface area contributed by atoms with Crippen molar-refractivity contribution in [2.45, 2.75) is 33.2 Å². The highest BCUT2D eigenvalue weighted by molar-refractivity contribution is 5.81. The predicted molar refractivity (Wildman–Crippen MR) is 76.9 cm³/mol. The molecule has 1 heterocycles. The summed E-state index contributed by atoms with van der Waals surface area (Å²) in [6.07, 6.45) is 0.767. The zero-order chi connectivity index (χ0) is 14.3. The van der Waals surface area contributed by atoms with Crippen LogP contribution < -0.4 is 5.73 Å². The average molecular weight is 271 g/mol. The molecule has 5 heteroatoms. The smallest absolute Gasteiger partial charge is 0.239 e. The Morgan fingerprint density at radius 3 is 2.42 bits per heavy atom. The summed E-state index contributed by atoms with van der Waals surface area (Å²) in [5.41, 5.74) is 5.96. The van der Waals surface area contributed by atoms with Gasteiger partial charge in [0.05, 0.1) is 12.6 Å². The Hall–Kier alpha value is -0.650. The van der Waals surface area contributed by atoms with Crippen LogP contribution in [-0.2, 0) is 9.53 Å². The third-order valence-electron chi connectivity index (χ3n) is 3.48. The van der Waals surface area contributed by atoms with Crippen molar-refractivity contribution in [1.29, 1.82) is 0 Å². The topological polar surface area (TPSA) is 58.8 Å². The first-order chi connectivity index (χ1) is 9.04. The summed E-state index contributed by atoms with van der Waals surface area (Å²) in [6, 6.07) is -0.338. The highest BCUT2D eigenvalue weighted by Crippen LogP contribution is 2.08. The molecule has 0 radical (unpaired) electrons. The van der Waals surface area contributed by atoms with E-state index in [1.165, 1.54) is 0 Å². The molecule has 1 aliphatic heterocycles. The zero-order valence-electron chi connectivity index (χ0n) is 12.6. The van der Waals surface area contributed by atoms with E-state index in [9.17, 15) is 4.79 Å². The molecular formula is C14H29N3O2. The Morgan fingerprint density at radius 2 is 1.89 bits per heavy atom. The summed E-state index contributed by atoms with van der Waals surface area (Å²) >= 11 is 0. The van der Waals surface area contributed by atoms with E-state index in [-0.39, 0.29) is 11.9 Å². The van der Waals surface area contributed by atoms with E-state index in [1.807, 2.05) is 11.8 Å². The summed E-state index contributed by atoms with van der Waals surface area (Å²) in [6.45, 7) is 12.1. The van der Waals surface area contributed by atoms with Crippen molar-refractivity contribution in [1.82, 2.24) is 9.80 Å². The number of nitrogens with two attached hydrogens (primary N) is 1. The number of ether oxygens (including phenoxy) is 1. The number of rotatable bonds is 7. The molecule has 1 atom stereocenters. The average Bonchev–Trinajstić information content (AvgIpc) is 2.38. The van der Waals surface area contributed by atoms with Crippen molar-refractivity contribution in [2.24, 2.45) is 11.7 Å². The number of carbonyl (C=O) groups is 1. The molecule has 5 nitrogen and oxygen atoms in total. The van der Waals surface area contributed by atoms with Gasteiger partial charge in [-0.3, -0.25) is 9.69 Å². The lowest BCUT2D eigenvalue weighted by Gasteiger charge is -2.36. The molecule has 2 N–H and O–H groups in total. The fourth-order valence-corrected chi connectivity index (χ4v) is 2.37. The molecule has 0 saturated carbocycles. The molecule has 0 aromatic rings. The zero-order valence-corrected chi connectivity index (χ0v) is 12.6. The summed E-state index contributed by atoms with van der Waals surface area (Å²) < 4.78 is 5.35. The van der Waals surface area contributed by atoms with Crippen LogP contribution in [0.3, 0.4) is 0 Å². The van der Waals surface area contributed by atoms with Crippen molar-refractivity contribution in [3.63, 3.8) is 0 Å². The molecule has 0 aliphatic carbocycles. The lowest BCUT2D eigenvalue weighted by molar-refractivity contribution is -0.134. The van der Waals surface area contributed by atoms with Crippen LogP contribution in [0.25, 0.3) is 0 Å². The largest absolute Gasteiger partial charge is 0.380 e. The van der Waals surface area contributed by atoms with Gasteiger partial charge in [0.2, 0.25) is 5.91 Å². The second-order valence-corrected chi connectivity index (χ2v) is 5.60. The standard InChI is InChI=1S/C14H29N3O2/c1-4-19-10-9-16-5-7-17(8-6-16)14(18)13(15)11-12(2)3/h12-13H,4-11,15H2,1-3H3/t13-/m0/s1. The molecule has 19 heavy (non-hydrogen) atoms. The number of hydrogen-bond donors (Lipinski definition) is 1. The summed E-state index contributed by atoms with van der Waals surface area (Å²) in [4.78, 5) is 16.4. The predicted octanol–water partition coefficient (Wildman–Crippen LogP) is 0.541. The van der Waals surface area contributed by atoms with Gasteiger partial charge >= 0.3 is 0 Å². The minimum absolute atomic E-state index is 0.109. The van der Waals surface area contributed by atoms with E-state index in [0.717, 1.165) is 52.4 Å². The van der Waals surface area contributed by atoms with Crippen LogP contribution in [0.2, 0.25) is 0 Å². The molecule has 0 unspecified atom stereocenters. The molecule has 1 aliphatic rings. The van der Waals surface area contributed by atoms with Crippen molar-refractivity contribution in [2.75, 3.05) is 45.9 Å². The number of piperazine rings is 1. The van der Waals surface area contributed by atoms with E-state index < -0.39 is 0 Å². The number of carbonyl (C=O) groups excluding carboxylic acids is 1. The molecule has 0 bridgehead atoms. The van der Waals surface area contributed by atoms with Crippen molar-refractivity contribution < 1.29 is 9.53 Å². The fraction of sp³-hybridized carbons (Fsp3) is 0.929. The van der Waals surface area contributed by atoms with Crippen molar-refractivity contribution in [3.05, 3.63) is 0 Å².